The minimum Gasteiger partial charge on any atom is -0.493 e. The van der Waals surface area contributed by atoms with E-state index in [1.807, 2.05) is 12.1 Å². The third kappa shape index (κ3) is 3.16. The molecular weight excluding hydrogens is 338 g/mol. The molecule has 1 unspecified atom stereocenters. The van der Waals surface area contributed by atoms with Crippen molar-refractivity contribution in [1.82, 2.24) is 4.57 Å². The molecule has 4 nitrogen and oxygen atoms in total. The van der Waals surface area contributed by atoms with Crippen LogP contribution in [0, 0.1) is 0 Å². The number of hydrogen-bond donors (Lipinski definition) is 0. The van der Waals surface area contributed by atoms with Gasteiger partial charge in [-0.05, 0) is 29.7 Å². The molecule has 0 radical (unpaired) electrons. The number of aldehydes is 1. The van der Waals surface area contributed by atoms with E-state index in [0.717, 1.165) is 41.6 Å². The average molecular weight is 363 g/mol. The average Bonchev–Trinajstić information content (AvgIpc) is 3.08. The number of hydrogen-bond acceptors (Lipinski definition) is 3. The molecule has 0 spiro atoms. The van der Waals surface area contributed by atoms with Gasteiger partial charge in [0, 0.05) is 41.8 Å². The van der Waals surface area contributed by atoms with Crippen LogP contribution >= 0.6 is 0 Å². The van der Waals surface area contributed by atoms with Crippen molar-refractivity contribution >= 4 is 18.4 Å². The molecule has 0 saturated carbocycles. The van der Waals surface area contributed by atoms with Gasteiger partial charge in [0.25, 0.3) is 5.56 Å². The third-order valence-corrected chi connectivity index (χ3v) is 5.29. The van der Waals surface area contributed by atoms with Crippen LogP contribution in [0.15, 0.2) is 36.2 Å². The topological polar surface area (TPSA) is 48.3 Å². The maximum Gasteiger partial charge on any atom is 0.258 e. The number of pyridine rings is 1. The van der Waals surface area contributed by atoms with Crippen molar-refractivity contribution in [3.63, 3.8) is 0 Å². The SMILES string of the molecule is C=Cc1c(-c2ccc3c(c2)C(CCC)CO3)c(CC=O)n(C)c(=O)c1C=C. The zero-order valence-corrected chi connectivity index (χ0v) is 16.0. The molecular formula is C23H25NO3. The molecule has 1 aliphatic heterocycles. The van der Waals surface area contributed by atoms with Crippen LogP contribution in [-0.4, -0.2) is 17.5 Å². The molecule has 0 fully saturated rings. The summed E-state index contributed by atoms with van der Waals surface area (Å²) in [4.78, 5) is 24.0. The molecule has 0 N–H and O–H groups in total. The molecule has 140 valence electrons. The Balaban J connectivity index is 2.31. The van der Waals surface area contributed by atoms with Crippen molar-refractivity contribution in [2.45, 2.75) is 32.1 Å². The van der Waals surface area contributed by atoms with Crippen LogP contribution in [0.3, 0.4) is 0 Å². The Morgan fingerprint density at radius 3 is 2.63 bits per heavy atom. The lowest BCUT2D eigenvalue weighted by Gasteiger charge is -2.19. The van der Waals surface area contributed by atoms with Gasteiger partial charge >= 0.3 is 0 Å². The lowest BCUT2D eigenvalue weighted by molar-refractivity contribution is -0.107. The number of aromatic nitrogens is 1. The first-order valence-electron chi connectivity index (χ1n) is 9.28. The summed E-state index contributed by atoms with van der Waals surface area (Å²) in [5.74, 6) is 1.29. The van der Waals surface area contributed by atoms with E-state index in [0.29, 0.717) is 23.8 Å². The van der Waals surface area contributed by atoms with Crippen LogP contribution in [0.4, 0.5) is 0 Å². The van der Waals surface area contributed by atoms with Crippen LogP contribution in [0.25, 0.3) is 23.3 Å². The summed E-state index contributed by atoms with van der Waals surface area (Å²) in [6.45, 7) is 10.6. The van der Waals surface area contributed by atoms with Gasteiger partial charge in [0.2, 0.25) is 0 Å². The molecule has 0 aliphatic carbocycles. The summed E-state index contributed by atoms with van der Waals surface area (Å²) in [6.07, 6.45) is 6.38. The number of nitrogens with zero attached hydrogens (tertiary/aromatic N) is 1. The minimum absolute atomic E-state index is 0.158. The largest absolute Gasteiger partial charge is 0.493 e. The molecule has 3 rings (SSSR count). The highest BCUT2D eigenvalue weighted by molar-refractivity contribution is 5.83. The Kier molecular flexibility index (Phi) is 5.45. The number of carbonyl (C=O) groups excluding carboxylic acids is 1. The fourth-order valence-corrected chi connectivity index (χ4v) is 3.95. The van der Waals surface area contributed by atoms with Crippen molar-refractivity contribution in [2.75, 3.05) is 6.61 Å². The molecule has 1 atom stereocenters. The van der Waals surface area contributed by atoms with E-state index >= 15 is 0 Å². The lowest BCUT2D eigenvalue weighted by Crippen LogP contribution is -2.25. The number of rotatable bonds is 7. The summed E-state index contributed by atoms with van der Waals surface area (Å²) in [5, 5.41) is 0. The second kappa shape index (κ2) is 7.78. The summed E-state index contributed by atoms with van der Waals surface area (Å²) < 4.78 is 7.37. The van der Waals surface area contributed by atoms with Gasteiger partial charge in [-0.3, -0.25) is 4.79 Å². The number of benzene rings is 1. The highest BCUT2D eigenvalue weighted by Gasteiger charge is 2.25. The molecule has 4 heteroatoms. The molecule has 0 saturated heterocycles. The van der Waals surface area contributed by atoms with Crippen molar-refractivity contribution in [2.24, 2.45) is 7.05 Å². The quantitative estimate of drug-likeness (QED) is 0.687. The van der Waals surface area contributed by atoms with E-state index in [1.165, 1.54) is 5.56 Å². The monoisotopic (exact) mass is 363 g/mol. The van der Waals surface area contributed by atoms with E-state index in [1.54, 1.807) is 23.8 Å². The van der Waals surface area contributed by atoms with Crippen LogP contribution in [-0.2, 0) is 18.3 Å². The van der Waals surface area contributed by atoms with Crippen LogP contribution in [0.2, 0.25) is 0 Å². The molecule has 1 aromatic heterocycles. The van der Waals surface area contributed by atoms with Crippen molar-refractivity contribution < 1.29 is 9.53 Å². The second-order valence-electron chi connectivity index (χ2n) is 6.84. The smallest absolute Gasteiger partial charge is 0.258 e. The number of fused-ring (bicyclic) bond motifs is 1. The van der Waals surface area contributed by atoms with Gasteiger partial charge in [-0.2, -0.15) is 0 Å². The van der Waals surface area contributed by atoms with Crippen LogP contribution in [0.1, 0.15) is 48.1 Å². The van der Waals surface area contributed by atoms with E-state index < -0.39 is 0 Å². The van der Waals surface area contributed by atoms with Gasteiger partial charge in [0.05, 0.1) is 6.61 Å². The van der Waals surface area contributed by atoms with E-state index in [4.69, 9.17) is 4.74 Å². The van der Waals surface area contributed by atoms with Gasteiger partial charge in [-0.1, -0.05) is 44.7 Å². The molecule has 0 bridgehead atoms. The molecule has 27 heavy (non-hydrogen) atoms. The summed E-state index contributed by atoms with van der Waals surface area (Å²) in [7, 11) is 1.70. The van der Waals surface area contributed by atoms with E-state index in [9.17, 15) is 9.59 Å². The Hall–Kier alpha value is -2.88. The van der Waals surface area contributed by atoms with Crippen molar-refractivity contribution in [1.29, 1.82) is 0 Å². The highest BCUT2D eigenvalue weighted by Crippen LogP contribution is 2.40. The maximum absolute atomic E-state index is 12.7. The van der Waals surface area contributed by atoms with Gasteiger partial charge in [0.15, 0.2) is 0 Å². The first kappa shape index (κ1) is 18.9. The molecule has 2 heterocycles. The molecule has 1 aliphatic rings. The third-order valence-electron chi connectivity index (χ3n) is 5.29. The van der Waals surface area contributed by atoms with Crippen LogP contribution in [0.5, 0.6) is 5.75 Å². The molecule has 2 aromatic rings. The van der Waals surface area contributed by atoms with Gasteiger partial charge in [0.1, 0.15) is 12.0 Å². The predicted molar refractivity (Wildman–Crippen MR) is 110 cm³/mol. The fraction of sp³-hybridized carbons (Fsp3) is 0.304. The number of carbonyl (C=O) groups is 1. The van der Waals surface area contributed by atoms with Gasteiger partial charge in [-0.25, -0.2) is 0 Å². The maximum atomic E-state index is 12.7. The van der Waals surface area contributed by atoms with E-state index in [2.05, 4.69) is 26.1 Å². The zero-order valence-electron chi connectivity index (χ0n) is 16.0. The highest BCUT2D eigenvalue weighted by atomic mass is 16.5. The minimum atomic E-state index is -0.172. The first-order valence-corrected chi connectivity index (χ1v) is 9.28. The van der Waals surface area contributed by atoms with E-state index in [-0.39, 0.29) is 12.0 Å². The predicted octanol–water partition coefficient (Wildman–Crippen LogP) is 4.36. The van der Waals surface area contributed by atoms with Crippen molar-refractivity contribution in [3.8, 4) is 16.9 Å². The Labute approximate surface area is 159 Å². The van der Waals surface area contributed by atoms with Crippen molar-refractivity contribution in [3.05, 3.63) is 64.1 Å². The summed E-state index contributed by atoms with van der Waals surface area (Å²) >= 11 is 0. The Morgan fingerprint density at radius 1 is 1.26 bits per heavy atom. The Morgan fingerprint density at radius 2 is 2.00 bits per heavy atom. The Bertz CT molecular complexity index is 967. The number of ether oxygens (including phenoxy) is 1. The standard InChI is InChI=1S/C23H25NO3/c1-5-8-16-14-27-21-10-9-15(13-19(16)21)22-17(6-2)18(7-3)23(26)24(4)20(22)11-12-25/h6-7,9-10,12-13,16H,2-3,5,8,11,14H2,1,4H3. The summed E-state index contributed by atoms with van der Waals surface area (Å²) in [5.41, 5.74) is 4.74. The van der Waals surface area contributed by atoms with Gasteiger partial charge in [-0.15, -0.1) is 0 Å². The van der Waals surface area contributed by atoms with Crippen LogP contribution < -0.4 is 10.3 Å². The normalized spacial score (nSPS) is 15.1. The summed E-state index contributed by atoms with van der Waals surface area (Å²) in [6, 6.07) is 6.11. The molecule has 0 amide bonds. The van der Waals surface area contributed by atoms with Gasteiger partial charge < -0.3 is 14.1 Å². The molecule has 1 aromatic carbocycles. The fourth-order valence-electron chi connectivity index (χ4n) is 3.95. The lowest BCUT2D eigenvalue weighted by atomic mass is 9.89. The zero-order chi connectivity index (χ0) is 19.6. The second-order valence-corrected chi connectivity index (χ2v) is 6.84. The first-order chi connectivity index (χ1) is 13.1.